The van der Waals surface area contributed by atoms with E-state index in [-0.39, 0.29) is 17.6 Å². The van der Waals surface area contributed by atoms with Crippen molar-refractivity contribution in [3.63, 3.8) is 0 Å². The van der Waals surface area contributed by atoms with Crippen LogP contribution in [0.3, 0.4) is 0 Å². The number of methoxy groups -OCH3 is 1. The van der Waals surface area contributed by atoms with E-state index in [2.05, 4.69) is 32.4 Å². The molecule has 0 spiro atoms. The molecule has 27 heavy (non-hydrogen) atoms. The summed E-state index contributed by atoms with van der Waals surface area (Å²) in [5.74, 6) is 0.326. The van der Waals surface area contributed by atoms with Gasteiger partial charge >= 0.3 is 5.97 Å². The molecule has 1 aliphatic rings. The van der Waals surface area contributed by atoms with Gasteiger partial charge < -0.3 is 15.0 Å². The maximum Gasteiger partial charge on any atom is 0.358 e. The number of amides is 1. The van der Waals surface area contributed by atoms with Gasteiger partial charge in [-0.3, -0.25) is 4.79 Å². The molecule has 142 valence electrons. The number of hydrogen-bond acceptors (Lipinski definition) is 6. The molecule has 0 bridgehead atoms. The molecule has 3 rings (SSSR count). The van der Waals surface area contributed by atoms with Crippen molar-refractivity contribution in [2.45, 2.75) is 31.7 Å². The molecule has 0 saturated carbocycles. The lowest BCUT2D eigenvalue weighted by Gasteiger charge is -2.32. The number of nitrogens with zero attached hydrogens (tertiary/aromatic N) is 3. The first-order valence-electron chi connectivity index (χ1n) is 9.16. The van der Waals surface area contributed by atoms with Gasteiger partial charge in [-0.05, 0) is 37.0 Å². The fourth-order valence-corrected chi connectivity index (χ4v) is 3.16. The van der Waals surface area contributed by atoms with Crippen molar-refractivity contribution in [3.05, 3.63) is 53.7 Å². The van der Waals surface area contributed by atoms with Crippen LogP contribution in [0.4, 0.5) is 5.82 Å². The highest BCUT2D eigenvalue weighted by Gasteiger charge is 2.23. The standard InChI is InChI=1S/C20H24N4O3/c1-27-20(26)17-8-9-18(23-22-17)21-16-11-13-24(14-12-16)19(25)10-7-15-5-3-2-4-6-15/h2-6,8-9,16H,7,10-14H2,1H3,(H,21,23). The van der Waals surface area contributed by atoms with E-state index in [0.29, 0.717) is 12.2 Å². The summed E-state index contributed by atoms with van der Waals surface area (Å²) in [7, 11) is 1.31. The highest BCUT2D eigenvalue weighted by molar-refractivity contribution is 5.86. The predicted octanol–water partition coefficient (Wildman–Crippen LogP) is 2.30. The first-order chi connectivity index (χ1) is 13.2. The normalized spacial score (nSPS) is 14.6. The average Bonchev–Trinajstić information content (AvgIpc) is 2.73. The van der Waals surface area contributed by atoms with Crippen molar-refractivity contribution < 1.29 is 14.3 Å². The molecule has 1 fully saturated rings. The van der Waals surface area contributed by atoms with Crippen LogP contribution in [0, 0.1) is 0 Å². The van der Waals surface area contributed by atoms with Crippen molar-refractivity contribution >= 4 is 17.7 Å². The lowest BCUT2D eigenvalue weighted by Crippen LogP contribution is -2.42. The van der Waals surface area contributed by atoms with Crippen LogP contribution in [0.25, 0.3) is 0 Å². The molecule has 0 unspecified atom stereocenters. The van der Waals surface area contributed by atoms with Gasteiger partial charge in [0.25, 0.3) is 0 Å². The average molecular weight is 368 g/mol. The van der Waals surface area contributed by atoms with E-state index in [1.165, 1.54) is 12.7 Å². The molecular formula is C20H24N4O3. The van der Waals surface area contributed by atoms with Gasteiger partial charge in [-0.1, -0.05) is 30.3 Å². The summed E-state index contributed by atoms with van der Waals surface area (Å²) in [4.78, 5) is 25.7. The number of benzene rings is 1. The van der Waals surface area contributed by atoms with Crippen molar-refractivity contribution in [2.75, 3.05) is 25.5 Å². The van der Waals surface area contributed by atoms with Gasteiger partial charge in [-0.25, -0.2) is 4.79 Å². The SMILES string of the molecule is COC(=O)c1ccc(NC2CCN(C(=O)CCc3ccccc3)CC2)nn1. The molecule has 1 aromatic carbocycles. The van der Waals surface area contributed by atoms with E-state index in [4.69, 9.17) is 0 Å². The summed E-state index contributed by atoms with van der Waals surface area (Å²) in [6.07, 6.45) is 3.04. The maximum atomic E-state index is 12.4. The molecule has 2 heterocycles. The van der Waals surface area contributed by atoms with Crippen LogP contribution in [0.2, 0.25) is 0 Å². The van der Waals surface area contributed by atoms with Crippen molar-refractivity contribution in [1.29, 1.82) is 0 Å². The second kappa shape index (κ2) is 9.12. The summed E-state index contributed by atoms with van der Waals surface area (Å²) in [6.45, 7) is 1.47. The van der Waals surface area contributed by atoms with Crippen LogP contribution in [-0.2, 0) is 16.0 Å². The zero-order valence-electron chi connectivity index (χ0n) is 15.4. The minimum atomic E-state index is -0.503. The summed E-state index contributed by atoms with van der Waals surface area (Å²) in [6, 6.07) is 13.6. The summed E-state index contributed by atoms with van der Waals surface area (Å²) in [5.41, 5.74) is 1.37. The van der Waals surface area contributed by atoms with Crippen LogP contribution in [-0.4, -0.2) is 53.2 Å². The third-order valence-corrected chi connectivity index (χ3v) is 4.73. The number of likely N-dealkylation sites (tertiary alicyclic amines) is 1. The van der Waals surface area contributed by atoms with Gasteiger partial charge in [0.1, 0.15) is 5.82 Å². The quantitative estimate of drug-likeness (QED) is 0.788. The molecule has 7 nitrogen and oxygen atoms in total. The Morgan fingerprint density at radius 2 is 1.85 bits per heavy atom. The zero-order chi connectivity index (χ0) is 19.1. The van der Waals surface area contributed by atoms with Gasteiger partial charge in [0.2, 0.25) is 5.91 Å². The van der Waals surface area contributed by atoms with Gasteiger partial charge in [-0.15, -0.1) is 10.2 Å². The number of nitrogens with one attached hydrogen (secondary N) is 1. The van der Waals surface area contributed by atoms with Crippen molar-refractivity contribution in [2.24, 2.45) is 0 Å². The first-order valence-corrected chi connectivity index (χ1v) is 9.16. The summed E-state index contributed by atoms with van der Waals surface area (Å²) >= 11 is 0. The van der Waals surface area contributed by atoms with Crippen LogP contribution in [0.5, 0.6) is 0 Å². The van der Waals surface area contributed by atoms with E-state index in [0.717, 1.165) is 32.4 Å². The lowest BCUT2D eigenvalue weighted by molar-refractivity contribution is -0.132. The predicted molar refractivity (Wildman–Crippen MR) is 101 cm³/mol. The number of carbonyl (C=O) groups excluding carboxylic acids is 2. The molecule has 0 aliphatic carbocycles. The van der Waals surface area contributed by atoms with E-state index in [9.17, 15) is 9.59 Å². The second-order valence-corrected chi connectivity index (χ2v) is 6.58. The highest BCUT2D eigenvalue weighted by Crippen LogP contribution is 2.16. The van der Waals surface area contributed by atoms with E-state index < -0.39 is 5.97 Å². The molecular weight excluding hydrogens is 344 g/mol. The lowest BCUT2D eigenvalue weighted by atomic mass is 10.0. The number of esters is 1. The fourth-order valence-electron chi connectivity index (χ4n) is 3.16. The number of ether oxygens (including phenoxy) is 1. The van der Waals surface area contributed by atoms with Crippen LogP contribution >= 0.6 is 0 Å². The molecule has 7 heteroatoms. The second-order valence-electron chi connectivity index (χ2n) is 6.58. The van der Waals surface area contributed by atoms with Crippen LogP contribution < -0.4 is 5.32 Å². The van der Waals surface area contributed by atoms with Crippen LogP contribution in [0.15, 0.2) is 42.5 Å². The Bertz CT molecular complexity index is 757. The molecule has 1 aromatic heterocycles. The number of rotatable bonds is 6. The largest absolute Gasteiger partial charge is 0.464 e. The molecule has 2 aromatic rings. The van der Waals surface area contributed by atoms with Gasteiger partial charge in [0, 0.05) is 25.6 Å². The van der Waals surface area contributed by atoms with Crippen molar-refractivity contribution in [3.8, 4) is 0 Å². The van der Waals surface area contributed by atoms with Gasteiger partial charge in [0.15, 0.2) is 5.69 Å². The third-order valence-electron chi connectivity index (χ3n) is 4.73. The molecule has 1 N–H and O–H groups in total. The molecule has 1 saturated heterocycles. The number of carbonyl (C=O) groups is 2. The Kier molecular flexibility index (Phi) is 6.35. The molecule has 0 atom stereocenters. The summed E-state index contributed by atoms with van der Waals surface area (Å²) in [5, 5.41) is 11.2. The minimum Gasteiger partial charge on any atom is -0.464 e. The maximum absolute atomic E-state index is 12.4. The van der Waals surface area contributed by atoms with Crippen LogP contribution in [0.1, 0.15) is 35.3 Å². The van der Waals surface area contributed by atoms with Gasteiger partial charge in [-0.2, -0.15) is 0 Å². The molecule has 1 amide bonds. The molecule has 1 aliphatic heterocycles. The Balaban J connectivity index is 1.43. The fraction of sp³-hybridized carbons (Fsp3) is 0.400. The molecule has 0 radical (unpaired) electrons. The topological polar surface area (TPSA) is 84.4 Å². The van der Waals surface area contributed by atoms with Crippen molar-refractivity contribution in [1.82, 2.24) is 15.1 Å². The minimum absolute atomic E-state index is 0.182. The number of piperidine rings is 1. The summed E-state index contributed by atoms with van der Waals surface area (Å²) < 4.78 is 4.61. The Morgan fingerprint density at radius 1 is 1.11 bits per heavy atom. The van der Waals surface area contributed by atoms with E-state index in [1.54, 1.807) is 12.1 Å². The number of anilines is 1. The first kappa shape index (κ1) is 18.8. The Morgan fingerprint density at radius 3 is 2.48 bits per heavy atom. The number of aromatic nitrogens is 2. The number of hydrogen-bond donors (Lipinski definition) is 1. The zero-order valence-corrected chi connectivity index (χ0v) is 15.4. The van der Waals surface area contributed by atoms with E-state index >= 15 is 0 Å². The highest BCUT2D eigenvalue weighted by atomic mass is 16.5. The van der Waals surface area contributed by atoms with Gasteiger partial charge in [0.05, 0.1) is 7.11 Å². The Labute approximate surface area is 158 Å². The third kappa shape index (κ3) is 5.26. The Hall–Kier alpha value is -2.96. The van der Waals surface area contributed by atoms with E-state index in [1.807, 2.05) is 23.1 Å². The monoisotopic (exact) mass is 368 g/mol. The number of aryl methyl sites for hydroxylation is 1. The smallest absolute Gasteiger partial charge is 0.358 e.